The molecule has 0 bridgehead atoms. The second-order valence-corrected chi connectivity index (χ2v) is 9.22. The van der Waals surface area contributed by atoms with Crippen LogP contribution in [0, 0.1) is 0 Å². The molecule has 0 radical (unpaired) electrons. The van der Waals surface area contributed by atoms with Crippen LogP contribution < -0.4 is 0 Å². The summed E-state index contributed by atoms with van der Waals surface area (Å²) in [6, 6.07) is 15.4. The Morgan fingerprint density at radius 1 is 1.11 bits per heavy atom. The van der Waals surface area contributed by atoms with Gasteiger partial charge in [0.25, 0.3) is 5.89 Å². The SMILES string of the molecule is O=C(c1ncc(-c2ccccc2)o1)N1CCC(S(=O)(=O)c2ccc(Cl)cc2)C1. The highest BCUT2D eigenvalue weighted by molar-refractivity contribution is 7.92. The van der Waals surface area contributed by atoms with Gasteiger partial charge in [-0.15, -0.1) is 0 Å². The molecule has 0 aliphatic carbocycles. The van der Waals surface area contributed by atoms with Crippen molar-refractivity contribution in [3.05, 3.63) is 71.7 Å². The van der Waals surface area contributed by atoms with Gasteiger partial charge in [-0.1, -0.05) is 41.9 Å². The van der Waals surface area contributed by atoms with Crippen LogP contribution in [0.3, 0.4) is 0 Å². The predicted molar refractivity (Wildman–Crippen MR) is 105 cm³/mol. The maximum absolute atomic E-state index is 12.8. The van der Waals surface area contributed by atoms with Crippen LogP contribution >= 0.6 is 11.6 Å². The van der Waals surface area contributed by atoms with Crippen LogP contribution in [0.25, 0.3) is 11.3 Å². The lowest BCUT2D eigenvalue weighted by atomic mass is 10.2. The van der Waals surface area contributed by atoms with E-state index < -0.39 is 21.0 Å². The molecule has 1 aliphatic rings. The van der Waals surface area contributed by atoms with Gasteiger partial charge in [-0.2, -0.15) is 0 Å². The zero-order chi connectivity index (χ0) is 19.7. The lowest BCUT2D eigenvalue weighted by molar-refractivity contribution is 0.0754. The molecule has 0 spiro atoms. The van der Waals surface area contributed by atoms with Gasteiger partial charge in [0, 0.05) is 23.7 Å². The van der Waals surface area contributed by atoms with Gasteiger partial charge in [0.2, 0.25) is 0 Å². The number of aromatic nitrogens is 1. The summed E-state index contributed by atoms with van der Waals surface area (Å²) in [6.07, 6.45) is 1.86. The highest BCUT2D eigenvalue weighted by Crippen LogP contribution is 2.27. The molecule has 1 aromatic heterocycles. The monoisotopic (exact) mass is 416 g/mol. The normalized spacial score (nSPS) is 17.0. The average molecular weight is 417 g/mol. The molecule has 144 valence electrons. The molecule has 1 fully saturated rings. The van der Waals surface area contributed by atoms with Crippen LogP contribution in [-0.2, 0) is 9.84 Å². The Morgan fingerprint density at radius 2 is 1.82 bits per heavy atom. The Kier molecular flexibility index (Phi) is 4.95. The van der Waals surface area contributed by atoms with E-state index in [1.165, 1.54) is 23.2 Å². The van der Waals surface area contributed by atoms with E-state index in [1.807, 2.05) is 30.3 Å². The van der Waals surface area contributed by atoms with Crippen molar-refractivity contribution in [3.8, 4) is 11.3 Å². The fraction of sp³-hybridized carbons (Fsp3) is 0.200. The largest absolute Gasteiger partial charge is 0.432 e. The zero-order valence-corrected chi connectivity index (χ0v) is 16.4. The summed E-state index contributed by atoms with van der Waals surface area (Å²) in [7, 11) is -3.55. The van der Waals surface area contributed by atoms with Crippen LogP contribution in [0.2, 0.25) is 5.02 Å². The van der Waals surface area contributed by atoms with Gasteiger partial charge in [-0.25, -0.2) is 13.4 Å². The molecule has 28 heavy (non-hydrogen) atoms. The van der Waals surface area contributed by atoms with Gasteiger partial charge >= 0.3 is 5.91 Å². The van der Waals surface area contributed by atoms with Crippen LogP contribution in [0.15, 0.2) is 70.1 Å². The summed E-state index contributed by atoms with van der Waals surface area (Å²) < 4.78 is 31.2. The molecule has 3 aromatic rings. The molecular weight excluding hydrogens is 400 g/mol. The van der Waals surface area contributed by atoms with Gasteiger partial charge in [-0.05, 0) is 30.7 Å². The fourth-order valence-electron chi connectivity index (χ4n) is 3.23. The second kappa shape index (κ2) is 7.41. The standard InChI is InChI=1S/C20H17ClN2O4S/c21-15-6-8-16(9-7-15)28(25,26)17-10-11-23(13-17)20(24)19-22-12-18(27-19)14-4-2-1-3-5-14/h1-9,12,17H,10-11,13H2. The Hall–Kier alpha value is -2.64. The minimum absolute atomic E-state index is 0.0385. The first kappa shape index (κ1) is 18.7. The maximum atomic E-state index is 12.8. The van der Waals surface area contributed by atoms with Crippen molar-refractivity contribution in [3.63, 3.8) is 0 Å². The smallest absolute Gasteiger partial charge is 0.309 e. The highest BCUT2D eigenvalue weighted by Gasteiger charge is 2.37. The summed E-state index contributed by atoms with van der Waals surface area (Å²) in [5.74, 6) is 0.0489. The van der Waals surface area contributed by atoms with E-state index in [2.05, 4.69) is 4.98 Å². The van der Waals surface area contributed by atoms with E-state index in [-0.39, 0.29) is 17.3 Å². The zero-order valence-electron chi connectivity index (χ0n) is 14.8. The molecule has 0 N–H and O–H groups in total. The van der Waals surface area contributed by atoms with E-state index in [0.717, 1.165) is 5.56 Å². The van der Waals surface area contributed by atoms with Gasteiger partial charge in [-0.3, -0.25) is 4.79 Å². The van der Waals surface area contributed by atoms with Crippen LogP contribution in [0.1, 0.15) is 17.1 Å². The van der Waals surface area contributed by atoms with Crippen molar-refractivity contribution in [2.75, 3.05) is 13.1 Å². The minimum Gasteiger partial charge on any atom is -0.432 e. The van der Waals surface area contributed by atoms with Crippen molar-refractivity contribution in [2.45, 2.75) is 16.6 Å². The van der Waals surface area contributed by atoms with E-state index in [4.69, 9.17) is 16.0 Å². The number of nitrogens with zero attached hydrogens (tertiary/aromatic N) is 2. The quantitative estimate of drug-likeness (QED) is 0.648. The first-order valence-electron chi connectivity index (χ1n) is 8.75. The molecule has 2 aromatic carbocycles. The van der Waals surface area contributed by atoms with E-state index >= 15 is 0 Å². The van der Waals surface area contributed by atoms with E-state index in [1.54, 1.807) is 12.1 Å². The molecule has 1 atom stereocenters. The molecule has 1 unspecified atom stereocenters. The van der Waals surface area contributed by atoms with E-state index in [0.29, 0.717) is 23.7 Å². The number of carbonyl (C=O) groups excluding carboxylic acids is 1. The summed E-state index contributed by atoms with van der Waals surface area (Å²) in [4.78, 5) is 18.5. The van der Waals surface area contributed by atoms with Crippen molar-refractivity contribution < 1.29 is 17.6 Å². The Labute approximate surface area is 167 Å². The average Bonchev–Trinajstić information content (AvgIpc) is 3.39. The number of sulfone groups is 1. The number of rotatable bonds is 4. The van der Waals surface area contributed by atoms with Crippen LogP contribution in [0.5, 0.6) is 0 Å². The molecular formula is C20H17ClN2O4S. The molecule has 1 saturated heterocycles. The lowest BCUT2D eigenvalue weighted by Crippen LogP contribution is -2.32. The fourth-order valence-corrected chi connectivity index (χ4v) is 5.05. The summed E-state index contributed by atoms with van der Waals surface area (Å²) in [6.45, 7) is 0.437. The topological polar surface area (TPSA) is 80.5 Å². The van der Waals surface area contributed by atoms with Crippen LogP contribution in [-0.4, -0.2) is 42.5 Å². The number of carbonyl (C=O) groups is 1. The van der Waals surface area contributed by atoms with E-state index in [9.17, 15) is 13.2 Å². The van der Waals surface area contributed by atoms with Crippen molar-refractivity contribution in [1.29, 1.82) is 0 Å². The number of hydrogen-bond donors (Lipinski definition) is 0. The Morgan fingerprint density at radius 3 is 2.54 bits per heavy atom. The molecule has 1 amide bonds. The number of oxazole rings is 1. The molecule has 8 heteroatoms. The van der Waals surface area contributed by atoms with Crippen LogP contribution in [0.4, 0.5) is 0 Å². The first-order valence-corrected chi connectivity index (χ1v) is 10.7. The van der Waals surface area contributed by atoms with Gasteiger partial charge in [0.15, 0.2) is 15.6 Å². The number of hydrogen-bond acceptors (Lipinski definition) is 5. The summed E-state index contributed by atoms with van der Waals surface area (Å²) in [5.41, 5.74) is 0.818. The van der Waals surface area contributed by atoms with Gasteiger partial charge in [0.1, 0.15) is 0 Å². The minimum atomic E-state index is -3.55. The van der Waals surface area contributed by atoms with Crippen molar-refractivity contribution >= 4 is 27.3 Å². The number of halogens is 1. The second-order valence-electron chi connectivity index (χ2n) is 6.56. The molecule has 6 nitrogen and oxygen atoms in total. The number of amides is 1. The Bertz CT molecular complexity index is 1090. The third kappa shape index (κ3) is 3.55. The molecule has 1 aliphatic heterocycles. The molecule has 2 heterocycles. The maximum Gasteiger partial charge on any atom is 0.309 e. The summed E-state index contributed by atoms with van der Waals surface area (Å²) in [5, 5.41) is -0.193. The number of likely N-dealkylation sites (tertiary alicyclic amines) is 1. The van der Waals surface area contributed by atoms with Gasteiger partial charge < -0.3 is 9.32 Å². The summed E-state index contributed by atoms with van der Waals surface area (Å²) >= 11 is 5.84. The van der Waals surface area contributed by atoms with Crippen molar-refractivity contribution in [2.24, 2.45) is 0 Å². The highest BCUT2D eigenvalue weighted by atomic mass is 35.5. The van der Waals surface area contributed by atoms with Gasteiger partial charge in [0.05, 0.1) is 16.3 Å². The number of benzene rings is 2. The molecule has 0 saturated carbocycles. The third-order valence-electron chi connectivity index (χ3n) is 4.76. The lowest BCUT2D eigenvalue weighted by Gasteiger charge is -2.15. The third-order valence-corrected chi connectivity index (χ3v) is 7.20. The first-order chi connectivity index (χ1) is 13.4. The Balaban J connectivity index is 1.49. The van der Waals surface area contributed by atoms with Crippen molar-refractivity contribution in [1.82, 2.24) is 9.88 Å². The molecule has 4 rings (SSSR count). The predicted octanol–water partition coefficient (Wildman–Crippen LogP) is 3.68.